The van der Waals surface area contributed by atoms with Crippen LogP contribution in [-0.2, 0) is 39.8 Å². The van der Waals surface area contributed by atoms with Crippen LogP contribution in [0.5, 0.6) is 0 Å². The zero-order valence-electron chi connectivity index (χ0n) is 25.3. The predicted molar refractivity (Wildman–Crippen MR) is 159 cm³/mol. The molecule has 0 radical (unpaired) electrons. The number of ether oxygens (including phenoxy) is 3. The molecule has 1 aromatic rings. The molecule has 1 rings (SSSR count). The molecule has 0 heterocycles. The quantitative estimate of drug-likeness (QED) is 0.0983. The van der Waals surface area contributed by atoms with Gasteiger partial charge in [-0.3, -0.25) is 19.2 Å². The normalized spacial score (nSPS) is 12.3. The van der Waals surface area contributed by atoms with Crippen molar-refractivity contribution in [3.63, 3.8) is 0 Å². The molecule has 5 amide bonds. The number of carboxylic acids is 1. The van der Waals surface area contributed by atoms with E-state index in [2.05, 4.69) is 21.3 Å². The first-order chi connectivity index (χ1) is 20.5. The molecule has 2 atom stereocenters. The van der Waals surface area contributed by atoms with Gasteiger partial charge in [-0.2, -0.15) is 0 Å². The van der Waals surface area contributed by atoms with Gasteiger partial charge in [-0.15, -0.1) is 0 Å². The molecule has 43 heavy (non-hydrogen) atoms. The number of anilines is 1. The Labute approximate surface area is 252 Å². The molecule has 0 spiro atoms. The van der Waals surface area contributed by atoms with E-state index in [-0.39, 0.29) is 70.7 Å². The monoisotopic (exact) mass is 609 g/mol. The average molecular weight is 610 g/mol. The van der Waals surface area contributed by atoms with Gasteiger partial charge in [-0.1, -0.05) is 32.9 Å². The Morgan fingerprint density at radius 3 is 1.95 bits per heavy atom. The van der Waals surface area contributed by atoms with Crippen molar-refractivity contribution in [2.24, 2.45) is 11.7 Å². The van der Waals surface area contributed by atoms with Crippen LogP contribution in [0.1, 0.15) is 52.0 Å². The maximum atomic E-state index is 13.2. The summed E-state index contributed by atoms with van der Waals surface area (Å²) >= 11 is 0. The number of amides is 5. The van der Waals surface area contributed by atoms with E-state index in [9.17, 15) is 24.0 Å². The van der Waals surface area contributed by atoms with Crippen molar-refractivity contribution < 1.29 is 43.3 Å². The molecule has 0 bridgehead atoms. The smallest absolute Gasteiger partial charge is 0.312 e. The zero-order valence-corrected chi connectivity index (χ0v) is 25.3. The molecule has 0 aliphatic carbocycles. The highest BCUT2D eigenvalue weighted by Gasteiger charge is 2.28. The van der Waals surface area contributed by atoms with Crippen molar-refractivity contribution in [3.8, 4) is 0 Å². The van der Waals surface area contributed by atoms with Crippen molar-refractivity contribution >= 4 is 35.4 Å². The number of carbonyl (C=O) groups excluding carboxylic acids is 4. The number of hydrogen-bond acceptors (Lipinski definition) is 8. The van der Waals surface area contributed by atoms with E-state index in [4.69, 9.17) is 25.1 Å². The maximum Gasteiger partial charge on any atom is 0.312 e. The van der Waals surface area contributed by atoms with Crippen LogP contribution in [-0.4, -0.2) is 93.1 Å². The van der Waals surface area contributed by atoms with E-state index in [0.717, 1.165) is 12.0 Å². The number of benzene rings is 1. The minimum absolute atomic E-state index is 0.0191. The van der Waals surface area contributed by atoms with Gasteiger partial charge in [0.15, 0.2) is 0 Å². The largest absolute Gasteiger partial charge is 0.481 e. The first-order valence-corrected chi connectivity index (χ1v) is 14.5. The lowest BCUT2D eigenvalue weighted by molar-refractivity contribution is -0.138. The Morgan fingerprint density at radius 1 is 0.837 bits per heavy atom. The van der Waals surface area contributed by atoms with Crippen molar-refractivity contribution in [2.75, 3.05) is 51.5 Å². The summed E-state index contributed by atoms with van der Waals surface area (Å²) in [6.07, 6.45) is 1.43. The molecule has 1 aromatic carbocycles. The highest BCUT2D eigenvalue weighted by Crippen LogP contribution is 2.12. The topological polar surface area (TPSA) is 207 Å². The van der Waals surface area contributed by atoms with Crippen LogP contribution < -0.4 is 27.0 Å². The molecule has 242 valence electrons. The number of nitrogens with two attached hydrogens (primary N) is 1. The van der Waals surface area contributed by atoms with Gasteiger partial charge < -0.3 is 46.3 Å². The molecule has 0 aliphatic heterocycles. The SMILES string of the molecule is CCc1ccc(NC(=O)[C@H](CCCNC(N)=O)NC(=O)[C@@H](NC(=O)CCOCCOCCOCCC(=O)O)C(C)C)cc1. The molecule has 0 saturated carbocycles. The van der Waals surface area contributed by atoms with Gasteiger partial charge in [0, 0.05) is 18.7 Å². The van der Waals surface area contributed by atoms with Crippen LogP contribution in [0.3, 0.4) is 0 Å². The molecule has 0 aliphatic rings. The van der Waals surface area contributed by atoms with Crippen molar-refractivity contribution in [1.82, 2.24) is 16.0 Å². The first-order valence-electron chi connectivity index (χ1n) is 14.5. The zero-order chi connectivity index (χ0) is 32.0. The van der Waals surface area contributed by atoms with Crippen molar-refractivity contribution in [1.29, 1.82) is 0 Å². The van der Waals surface area contributed by atoms with Crippen LogP contribution >= 0.6 is 0 Å². The molecule has 0 fully saturated rings. The number of aryl methyl sites for hydroxylation is 1. The van der Waals surface area contributed by atoms with Crippen molar-refractivity contribution in [2.45, 2.75) is 65.0 Å². The lowest BCUT2D eigenvalue weighted by Crippen LogP contribution is -2.54. The molecule has 7 N–H and O–H groups in total. The second-order valence-electron chi connectivity index (χ2n) is 10.1. The summed E-state index contributed by atoms with van der Waals surface area (Å²) in [4.78, 5) is 60.3. The number of carbonyl (C=O) groups is 5. The minimum Gasteiger partial charge on any atom is -0.481 e. The second kappa shape index (κ2) is 21.9. The Bertz CT molecular complexity index is 1000. The van der Waals surface area contributed by atoms with Crippen LogP contribution in [0.15, 0.2) is 24.3 Å². The lowest BCUT2D eigenvalue weighted by atomic mass is 10.0. The number of carboxylic acid groups (broad SMARTS) is 1. The summed E-state index contributed by atoms with van der Waals surface area (Å²) in [5.41, 5.74) is 6.81. The van der Waals surface area contributed by atoms with Gasteiger partial charge in [-0.05, 0) is 42.9 Å². The van der Waals surface area contributed by atoms with Crippen LogP contribution in [0.25, 0.3) is 0 Å². The number of rotatable bonds is 23. The Kier molecular flexibility index (Phi) is 19.0. The van der Waals surface area contributed by atoms with Gasteiger partial charge in [0.25, 0.3) is 0 Å². The fraction of sp³-hybridized carbons (Fsp3) is 0.621. The van der Waals surface area contributed by atoms with Gasteiger partial charge in [-0.25, -0.2) is 4.79 Å². The van der Waals surface area contributed by atoms with E-state index in [0.29, 0.717) is 18.7 Å². The number of primary amides is 1. The van der Waals surface area contributed by atoms with Crippen LogP contribution in [0.4, 0.5) is 10.5 Å². The number of nitrogens with one attached hydrogen (secondary N) is 4. The van der Waals surface area contributed by atoms with E-state index < -0.39 is 35.9 Å². The van der Waals surface area contributed by atoms with Crippen molar-refractivity contribution in [3.05, 3.63) is 29.8 Å². The third-order valence-corrected chi connectivity index (χ3v) is 6.17. The Hall–Kier alpha value is -3.75. The number of aliphatic carboxylic acids is 1. The Balaban J connectivity index is 2.56. The lowest BCUT2D eigenvalue weighted by Gasteiger charge is -2.25. The highest BCUT2D eigenvalue weighted by atomic mass is 16.5. The highest BCUT2D eigenvalue weighted by molar-refractivity contribution is 5.98. The van der Waals surface area contributed by atoms with Gasteiger partial charge in [0.1, 0.15) is 12.1 Å². The molecular formula is C29H47N5O9. The molecule has 0 saturated heterocycles. The summed E-state index contributed by atoms with van der Waals surface area (Å²) in [5.74, 6) is -2.51. The summed E-state index contributed by atoms with van der Waals surface area (Å²) in [6.45, 7) is 7.16. The number of urea groups is 1. The van der Waals surface area contributed by atoms with Gasteiger partial charge >= 0.3 is 12.0 Å². The summed E-state index contributed by atoms with van der Waals surface area (Å²) in [5, 5.41) is 19.3. The summed E-state index contributed by atoms with van der Waals surface area (Å²) < 4.78 is 15.8. The van der Waals surface area contributed by atoms with E-state index >= 15 is 0 Å². The van der Waals surface area contributed by atoms with Gasteiger partial charge in [0.2, 0.25) is 17.7 Å². The van der Waals surface area contributed by atoms with Crippen LogP contribution in [0.2, 0.25) is 0 Å². The molecular weight excluding hydrogens is 562 g/mol. The van der Waals surface area contributed by atoms with Crippen LogP contribution in [0, 0.1) is 5.92 Å². The maximum absolute atomic E-state index is 13.2. The van der Waals surface area contributed by atoms with E-state index in [1.807, 2.05) is 19.1 Å². The number of hydrogen-bond donors (Lipinski definition) is 6. The predicted octanol–water partition coefficient (Wildman–Crippen LogP) is 1.18. The minimum atomic E-state index is -0.925. The van der Waals surface area contributed by atoms with E-state index in [1.54, 1.807) is 26.0 Å². The molecule has 14 nitrogen and oxygen atoms in total. The Morgan fingerprint density at radius 2 is 1.42 bits per heavy atom. The summed E-state index contributed by atoms with van der Waals surface area (Å²) in [6, 6.07) is 4.90. The standard InChI is InChI=1S/C29H47N5O9/c1-4-21-7-9-22(10-8-21)32-27(38)23(6-5-13-31-29(30)40)33-28(39)26(20(2)3)34-24(35)11-14-41-16-18-43-19-17-42-15-12-25(36)37/h7-10,20,23,26H,4-6,11-19H2,1-3H3,(H,32,38)(H,33,39)(H,34,35)(H,36,37)(H3,30,31,40)/t23-,26-/m0/s1. The molecule has 14 heteroatoms. The fourth-order valence-electron chi connectivity index (χ4n) is 3.75. The molecule has 0 aromatic heterocycles. The second-order valence-corrected chi connectivity index (χ2v) is 10.1. The van der Waals surface area contributed by atoms with E-state index in [1.165, 1.54) is 0 Å². The first kappa shape index (κ1) is 37.3. The van der Waals surface area contributed by atoms with Gasteiger partial charge in [0.05, 0.1) is 46.1 Å². The third-order valence-electron chi connectivity index (χ3n) is 6.17. The molecule has 0 unspecified atom stereocenters. The average Bonchev–Trinajstić information content (AvgIpc) is 2.95. The fourth-order valence-corrected chi connectivity index (χ4v) is 3.75. The summed E-state index contributed by atoms with van der Waals surface area (Å²) in [7, 11) is 0. The third kappa shape index (κ3) is 17.7.